The SMILES string of the molecule is CCC1CC2(CCO1)CC(=O)NC2Cc1ccccc1. The molecule has 0 saturated carbocycles. The van der Waals surface area contributed by atoms with Gasteiger partial charge < -0.3 is 10.1 Å². The first-order valence-electron chi connectivity index (χ1n) is 7.67. The molecule has 3 unspecified atom stereocenters. The van der Waals surface area contributed by atoms with Crippen LogP contribution in [0.1, 0.15) is 38.2 Å². The molecule has 1 amide bonds. The van der Waals surface area contributed by atoms with Crippen LogP contribution in [0.2, 0.25) is 0 Å². The lowest BCUT2D eigenvalue weighted by molar-refractivity contribution is -0.120. The maximum atomic E-state index is 12.0. The van der Waals surface area contributed by atoms with Crippen molar-refractivity contribution in [3.63, 3.8) is 0 Å². The van der Waals surface area contributed by atoms with Gasteiger partial charge in [-0.15, -0.1) is 0 Å². The Morgan fingerprint density at radius 2 is 2.15 bits per heavy atom. The van der Waals surface area contributed by atoms with Gasteiger partial charge in [0.1, 0.15) is 0 Å². The van der Waals surface area contributed by atoms with Gasteiger partial charge in [-0.25, -0.2) is 0 Å². The van der Waals surface area contributed by atoms with Gasteiger partial charge in [0.2, 0.25) is 5.91 Å². The summed E-state index contributed by atoms with van der Waals surface area (Å²) in [4.78, 5) is 12.0. The van der Waals surface area contributed by atoms with Crippen molar-refractivity contribution in [1.82, 2.24) is 5.32 Å². The van der Waals surface area contributed by atoms with E-state index in [2.05, 4.69) is 36.5 Å². The zero-order valence-electron chi connectivity index (χ0n) is 12.1. The van der Waals surface area contributed by atoms with Crippen molar-refractivity contribution in [2.75, 3.05) is 6.61 Å². The second kappa shape index (κ2) is 5.57. The zero-order chi connectivity index (χ0) is 14.0. The molecule has 3 atom stereocenters. The molecule has 3 rings (SSSR count). The summed E-state index contributed by atoms with van der Waals surface area (Å²) < 4.78 is 5.81. The molecule has 108 valence electrons. The summed E-state index contributed by atoms with van der Waals surface area (Å²) in [6.45, 7) is 2.96. The molecule has 1 spiro atoms. The molecule has 0 aromatic heterocycles. The largest absolute Gasteiger partial charge is 0.378 e. The van der Waals surface area contributed by atoms with Crippen LogP contribution >= 0.6 is 0 Å². The average Bonchev–Trinajstić information content (AvgIpc) is 2.75. The summed E-state index contributed by atoms with van der Waals surface area (Å²) in [6.07, 6.45) is 4.97. The summed E-state index contributed by atoms with van der Waals surface area (Å²) in [5.41, 5.74) is 1.41. The van der Waals surface area contributed by atoms with Crippen LogP contribution < -0.4 is 5.32 Å². The maximum absolute atomic E-state index is 12.0. The predicted octanol–water partition coefficient (Wildman–Crippen LogP) is 2.69. The lowest BCUT2D eigenvalue weighted by Gasteiger charge is -2.41. The second-order valence-corrected chi connectivity index (χ2v) is 6.20. The van der Waals surface area contributed by atoms with Gasteiger partial charge >= 0.3 is 0 Å². The highest BCUT2D eigenvalue weighted by Crippen LogP contribution is 2.45. The van der Waals surface area contributed by atoms with Crippen molar-refractivity contribution in [3.05, 3.63) is 35.9 Å². The number of hydrogen-bond acceptors (Lipinski definition) is 2. The summed E-state index contributed by atoms with van der Waals surface area (Å²) in [5.74, 6) is 0.211. The van der Waals surface area contributed by atoms with Gasteiger partial charge in [-0.2, -0.15) is 0 Å². The Hall–Kier alpha value is -1.35. The smallest absolute Gasteiger partial charge is 0.220 e. The minimum Gasteiger partial charge on any atom is -0.378 e. The number of hydrogen-bond donors (Lipinski definition) is 1. The van der Waals surface area contributed by atoms with Crippen LogP contribution in [0.25, 0.3) is 0 Å². The standard InChI is InChI=1S/C17H23NO2/c1-2-14-11-17(8-9-20-14)12-16(19)18-15(17)10-13-6-4-3-5-7-13/h3-7,14-15H,2,8-12H2,1H3,(H,18,19). The minimum absolute atomic E-state index is 0.103. The number of amides is 1. The second-order valence-electron chi connectivity index (χ2n) is 6.20. The fourth-order valence-corrected chi connectivity index (χ4v) is 3.74. The third-order valence-corrected chi connectivity index (χ3v) is 4.91. The summed E-state index contributed by atoms with van der Waals surface area (Å²) in [6, 6.07) is 10.7. The fourth-order valence-electron chi connectivity index (χ4n) is 3.74. The van der Waals surface area contributed by atoms with Crippen LogP contribution in [-0.2, 0) is 16.0 Å². The van der Waals surface area contributed by atoms with E-state index in [9.17, 15) is 4.79 Å². The van der Waals surface area contributed by atoms with Gasteiger partial charge in [0.25, 0.3) is 0 Å². The Morgan fingerprint density at radius 3 is 2.90 bits per heavy atom. The molecule has 1 N–H and O–H groups in total. The molecule has 20 heavy (non-hydrogen) atoms. The van der Waals surface area contributed by atoms with Crippen molar-refractivity contribution in [2.45, 2.75) is 51.2 Å². The maximum Gasteiger partial charge on any atom is 0.220 e. The molecule has 3 heteroatoms. The molecule has 2 heterocycles. The Balaban J connectivity index is 1.79. The van der Waals surface area contributed by atoms with Crippen LogP contribution in [0.15, 0.2) is 30.3 Å². The Labute approximate surface area is 120 Å². The first kappa shape index (κ1) is 13.6. The molecular formula is C17H23NO2. The van der Waals surface area contributed by atoms with Crippen LogP contribution in [0, 0.1) is 5.41 Å². The van der Waals surface area contributed by atoms with Crippen molar-refractivity contribution in [3.8, 4) is 0 Å². The molecule has 2 aliphatic rings. The summed E-state index contributed by atoms with van der Waals surface area (Å²) in [7, 11) is 0. The highest BCUT2D eigenvalue weighted by molar-refractivity contribution is 5.80. The molecule has 2 fully saturated rings. The van der Waals surface area contributed by atoms with E-state index in [0.29, 0.717) is 12.5 Å². The average molecular weight is 273 g/mol. The third kappa shape index (κ3) is 2.59. The number of carbonyl (C=O) groups excluding carboxylic acids is 1. The highest BCUT2D eigenvalue weighted by atomic mass is 16.5. The number of benzene rings is 1. The fraction of sp³-hybridized carbons (Fsp3) is 0.588. The van der Waals surface area contributed by atoms with Gasteiger partial charge in [-0.3, -0.25) is 4.79 Å². The molecule has 2 saturated heterocycles. The highest BCUT2D eigenvalue weighted by Gasteiger charge is 2.49. The van der Waals surface area contributed by atoms with Gasteiger partial charge in [0.15, 0.2) is 0 Å². The molecule has 0 radical (unpaired) electrons. The normalized spacial score (nSPS) is 33.4. The number of nitrogens with one attached hydrogen (secondary N) is 1. The first-order valence-corrected chi connectivity index (χ1v) is 7.67. The van der Waals surface area contributed by atoms with E-state index in [-0.39, 0.29) is 17.4 Å². The lowest BCUT2D eigenvalue weighted by Crippen LogP contribution is -2.45. The zero-order valence-corrected chi connectivity index (χ0v) is 12.1. The lowest BCUT2D eigenvalue weighted by atomic mass is 9.70. The molecular weight excluding hydrogens is 250 g/mol. The van der Waals surface area contributed by atoms with E-state index in [0.717, 1.165) is 32.3 Å². The summed E-state index contributed by atoms with van der Waals surface area (Å²) in [5, 5.41) is 3.21. The minimum atomic E-state index is 0.103. The number of rotatable bonds is 3. The Morgan fingerprint density at radius 1 is 1.35 bits per heavy atom. The predicted molar refractivity (Wildman–Crippen MR) is 78.4 cm³/mol. The molecule has 2 aliphatic heterocycles. The quantitative estimate of drug-likeness (QED) is 0.919. The van der Waals surface area contributed by atoms with E-state index in [1.807, 2.05) is 6.07 Å². The number of carbonyl (C=O) groups is 1. The van der Waals surface area contributed by atoms with E-state index in [4.69, 9.17) is 4.74 Å². The van der Waals surface area contributed by atoms with Crippen LogP contribution in [-0.4, -0.2) is 24.7 Å². The van der Waals surface area contributed by atoms with Crippen molar-refractivity contribution < 1.29 is 9.53 Å². The molecule has 0 aliphatic carbocycles. The van der Waals surface area contributed by atoms with Gasteiger partial charge in [0, 0.05) is 24.5 Å². The van der Waals surface area contributed by atoms with Crippen LogP contribution in [0.5, 0.6) is 0 Å². The molecule has 1 aromatic carbocycles. The number of ether oxygens (including phenoxy) is 1. The third-order valence-electron chi connectivity index (χ3n) is 4.91. The van der Waals surface area contributed by atoms with Gasteiger partial charge in [-0.05, 0) is 31.2 Å². The van der Waals surface area contributed by atoms with E-state index >= 15 is 0 Å². The van der Waals surface area contributed by atoms with Crippen molar-refractivity contribution >= 4 is 5.91 Å². The molecule has 0 bridgehead atoms. The van der Waals surface area contributed by atoms with Gasteiger partial charge in [0.05, 0.1) is 6.10 Å². The Bertz CT molecular complexity index is 473. The first-order chi connectivity index (χ1) is 9.72. The van der Waals surface area contributed by atoms with Crippen LogP contribution in [0.3, 0.4) is 0 Å². The van der Waals surface area contributed by atoms with Crippen molar-refractivity contribution in [1.29, 1.82) is 0 Å². The van der Waals surface area contributed by atoms with E-state index in [1.54, 1.807) is 0 Å². The van der Waals surface area contributed by atoms with E-state index < -0.39 is 0 Å². The Kier molecular flexibility index (Phi) is 3.79. The molecule has 1 aromatic rings. The van der Waals surface area contributed by atoms with Crippen molar-refractivity contribution in [2.24, 2.45) is 5.41 Å². The topological polar surface area (TPSA) is 38.3 Å². The van der Waals surface area contributed by atoms with Crippen LogP contribution in [0.4, 0.5) is 0 Å². The monoisotopic (exact) mass is 273 g/mol. The molecule has 3 nitrogen and oxygen atoms in total. The van der Waals surface area contributed by atoms with E-state index in [1.165, 1.54) is 5.56 Å². The van der Waals surface area contributed by atoms with Gasteiger partial charge in [-0.1, -0.05) is 37.3 Å². The summed E-state index contributed by atoms with van der Waals surface area (Å²) >= 11 is 0.